The molecule has 0 atom stereocenters. The standard InChI is InChI=1S/C25H31N5O/c1-2-28-14-16-29(17-15-28)11-5-6-18-31-22-9-12-30(13-10-22)25-19-21(20-26)23-7-3-4-8-24(23)27-25/h3-4,7-8,19,22H,2,9-18H2,1H3. The number of benzene rings is 1. The van der Waals surface area contributed by atoms with Crippen molar-refractivity contribution < 1.29 is 4.74 Å². The largest absolute Gasteiger partial charge is 0.365 e. The molecule has 2 aromatic rings. The molecule has 0 aliphatic carbocycles. The van der Waals surface area contributed by atoms with Crippen molar-refractivity contribution in [2.45, 2.75) is 25.9 Å². The lowest BCUT2D eigenvalue weighted by Gasteiger charge is -2.33. The van der Waals surface area contributed by atoms with Crippen molar-refractivity contribution in [2.75, 3.05) is 63.9 Å². The molecule has 6 heteroatoms. The minimum atomic E-state index is 0.245. The highest BCUT2D eigenvalue weighted by molar-refractivity contribution is 5.86. The van der Waals surface area contributed by atoms with Crippen molar-refractivity contribution in [1.29, 1.82) is 5.26 Å². The maximum atomic E-state index is 9.51. The fourth-order valence-electron chi connectivity index (χ4n) is 4.31. The summed E-state index contributed by atoms with van der Waals surface area (Å²) >= 11 is 0. The molecule has 2 aliphatic heterocycles. The molecule has 3 heterocycles. The number of pyridine rings is 1. The van der Waals surface area contributed by atoms with Gasteiger partial charge < -0.3 is 14.5 Å². The first-order chi connectivity index (χ1) is 15.3. The molecule has 2 fully saturated rings. The molecule has 0 N–H and O–H groups in total. The van der Waals surface area contributed by atoms with E-state index in [4.69, 9.17) is 9.72 Å². The highest BCUT2D eigenvalue weighted by Gasteiger charge is 2.21. The summed E-state index contributed by atoms with van der Waals surface area (Å²) in [6.45, 7) is 11.0. The number of hydrogen-bond donors (Lipinski definition) is 0. The first kappa shape index (κ1) is 21.6. The van der Waals surface area contributed by atoms with Crippen LogP contribution in [0.3, 0.4) is 0 Å². The number of aromatic nitrogens is 1. The van der Waals surface area contributed by atoms with Crippen molar-refractivity contribution in [1.82, 2.24) is 14.8 Å². The Hall–Kier alpha value is -2.64. The molecule has 0 bridgehead atoms. The van der Waals surface area contributed by atoms with Crippen LogP contribution in [0.25, 0.3) is 10.9 Å². The van der Waals surface area contributed by atoms with Gasteiger partial charge in [-0.25, -0.2) is 4.98 Å². The number of rotatable bonds is 5. The highest BCUT2D eigenvalue weighted by Crippen LogP contribution is 2.25. The van der Waals surface area contributed by atoms with E-state index in [2.05, 4.69) is 39.5 Å². The Morgan fingerprint density at radius 2 is 1.77 bits per heavy atom. The number of nitriles is 1. The number of hydrogen-bond acceptors (Lipinski definition) is 6. The predicted octanol–water partition coefficient (Wildman–Crippen LogP) is 2.73. The number of fused-ring (bicyclic) bond motifs is 1. The Morgan fingerprint density at radius 1 is 1.03 bits per heavy atom. The van der Waals surface area contributed by atoms with E-state index in [1.165, 1.54) is 0 Å². The molecular formula is C25H31N5O. The van der Waals surface area contributed by atoms with E-state index in [0.29, 0.717) is 12.2 Å². The van der Waals surface area contributed by atoms with Crippen LogP contribution in [0.15, 0.2) is 30.3 Å². The third-order valence-corrected chi connectivity index (χ3v) is 6.32. The lowest BCUT2D eigenvalue weighted by Crippen LogP contribution is -2.46. The van der Waals surface area contributed by atoms with Gasteiger partial charge in [-0.1, -0.05) is 37.0 Å². The molecule has 6 nitrogen and oxygen atoms in total. The summed E-state index contributed by atoms with van der Waals surface area (Å²) in [4.78, 5) is 11.9. The van der Waals surface area contributed by atoms with Gasteiger partial charge in [-0.3, -0.25) is 4.90 Å². The van der Waals surface area contributed by atoms with Gasteiger partial charge in [0, 0.05) is 44.7 Å². The number of nitrogens with zero attached hydrogens (tertiary/aromatic N) is 5. The molecule has 0 unspecified atom stereocenters. The third kappa shape index (κ3) is 5.54. The Morgan fingerprint density at radius 3 is 2.52 bits per heavy atom. The van der Waals surface area contributed by atoms with Crippen LogP contribution >= 0.6 is 0 Å². The van der Waals surface area contributed by atoms with Crippen molar-refractivity contribution in [3.05, 3.63) is 35.9 Å². The van der Waals surface area contributed by atoms with E-state index in [1.807, 2.05) is 30.3 Å². The summed E-state index contributed by atoms with van der Waals surface area (Å²) in [5, 5.41) is 10.4. The summed E-state index contributed by atoms with van der Waals surface area (Å²) in [6.07, 6.45) is 2.16. The molecule has 0 spiro atoms. The zero-order valence-electron chi connectivity index (χ0n) is 18.4. The Balaban J connectivity index is 1.22. The number of piperidine rings is 1. The van der Waals surface area contributed by atoms with E-state index in [9.17, 15) is 5.26 Å². The van der Waals surface area contributed by atoms with Gasteiger partial charge in [0.1, 0.15) is 12.4 Å². The Kier molecular flexibility index (Phi) is 7.38. The SMILES string of the molecule is CCN1CCN(CC#CCOC2CCN(c3cc(C#N)c4ccccc4n3)CC2)CC1. The smallest absolute Gasteiger partial charge is 0.130 e. The lowest BCUT2D eigenvalue weighted by atomic mass is 10.1. The van der Waals surface area contributed by atoms with E-state index < -0.39 is 0 Å². The van der Waals surface area contributed by atoms with Crippen molar-refractivity contribution in [3.8, 4) is 17.9 Å². The Labute approximate surface area is 185 Å². The van der Waals surface area contributed by atoms with Gasteiger partial charge in [0.25, 0.3) is 0 Å². The molecule has 31 heavy (non-hydrogen) atoms. The van der Waals surface area contributed by atoms with Crippen LogP contribution in [-0.4, -0.2) is 79.9 Å². The van der Waals surface area contributed by atoms with Crippen LogP contribution in [-0.2, 0) is 4.74 Å². The highest BCUT2D eigenvalue weighted by atomic mass is 16.5. The number of likely N-dealkylation sites (N-methyl/N-ethyl adjacent to an activating group) is 1. The first-order valence-electron chi connectivity index (χ1n) is 11.3. The van der Waals surface area contributed by atoms with Crippen molar-refractivity contribution in [3.63, 3.8) is 0 Å². The van der Waals surface area contributed by atoms with Crippen LogP contribution in [0.4, 0.5) is 5.82 Å². The molecular weight excluding hydrogens is 386 g/mol. The summed E-state index contributed by atoms with van der Waals surface area (Å²) in [5.41, 5.74) is 1.56. The van der Waals surface area contributed by atoms with Crippen LogP contribution in [0.1, 0.15) is 25.3 Å². The minimum absolute atomic E-state index is 0.245. The normalized spacial score (nSPS) is 18.5. The topological polar surface area (TPSA) is 55.6 Å². The first-order valence-corrected chi connectivity index (χ1v) is 11.3. The molecule has 0 radical (unpaired) electrons. The van der Waals surface area contributed by atoms with Gasteiger partial charge in [-0.2, -0.15) is 5.26 Å². The van der Waals surface area contributed by atoms with Crippen LogP contribution in [0, 0.1) is 23.2 Å². The van der Waals surface area contributed by atoms with Gasteiger partial charge in [0.2, 0.25) is 0 Å². The summed E-state index contributed by atoms with van der Waals surface area (Å²) in [7, 11) is 0. The maximum absolute atomic E-state index is 9.51. The summed E-state index contributed by atoms with van der Waals surface area (Å²) < 4.78 is 6.01. The second-order valence-corrected chi connectivity index (χ2v) is 8.22. The number of ether oxygens (including phenoxy) is 1. The van der Waals surface area contributed by atoms with Gasteiger partial charge in [0.15, 0.2) is 0 Å². The van der Waals surface area contributed by atoms with Crippen LogP contribution in [0.2, 0.25) is 0 Å². The zero-order chi connectivity index (χ0) is 21.5. The minimum Gasteiger partial charge on any atom is -0.365 e. The third-order valence-electron chi connectivity index (χ3n) is 6.32. The monoisotopic (exact) mass is 417 g/mol. The van der Waals surface area contributed by atoms with E-state index in [0.717, 1.165) is 81.9 Å². The molecule has 2 aliphatic rings. The zero-order valence-corrected chi connectivity index (χ0v) is 18.4. The quantitative estimate of drug-likeness (QED) is 0.698. The molecule has 2 saturated heterocycles. The molecule has 0 saturated carbocycles. The molecule has 1 aromatic heterocycles. The van der Waals surface area contributed by atoms with Gasteiger partial charge in [-0.05, 0) is 31.5 Å². The van der Waals surface area contributed by atoms with Gasteiger partial charge in [-0.15, -0.1) is 0 Å². The lowest BCUT2D eigenvalue weighted by molar-refractivity contribution is 0.0593. The van der Waals surface area contributed by atoms with E-state index in [1.54, 1.807) is 0 Å². The molecule has 1 aromatic carbocycles. The van der Waals surface area contributed by atoms with Gasteiger partial charge >= 0.3 is 0 Å². The van der Waals surface area contributed by atoms with Crippen molar-refractivity contribution in [2.24, 2.45) is 0 Å². The van der Waals surface area contributed by atoms with E-state index >= 15 is 0 Å². The fraction of sp³-hybridized carbons (Fsp3) is 0.520. The maximum Gasteiger partial charge on any atom is 0.130 e. The molecule has 162 valence electrons. The van der Waals surface area contributed by atoms with Gasteiger partial charge in [0.05, 0.1) is 29.8 Å². The molecule has 4 rings (SSSR count). The van der Waals surface area contributed by atoms with Crippen molar-refractivity contribution >= 4 is 16.7 Å². The second kappa shape index (κ2) is 10.6. The number of anilines is 1. The average molecular weight is 418 g/mol. The fourth-order valence-corrected chi connectivity index (χ4v) is 4.31. The van der Waals surface area contributed by atoms with Crippen LogP contribution in [0.5, 0.6) is 0 Å². The Bertz CT molecular complexity index is 973. The molecule has 0 amide bonds. The predicted molar refractivity (Wildman–Crippen MR) is 124 cm³/mol. The van der Waals surface area contributed by atoms with E-state index in [-0.39, 0.29) is 6.10 Å². The van der Waals surface area contributed by atoms with Crippen LogP contribution < -0.4 is 4.90 Å². The summed E-state index contributed by atoms with van der Waals surface area (Å²) in [5.74, 6) is 7.35. The second-order valence-electron chi connectivity index (χ2n) is 8.22. The number of piperazine rings is 1. The summed E-state index contributed by atoms with van der Waals surface area (Å²) in [6, 6.07) is 12.1. The average Bonchev–Trinajstić information content (AvgIpc) is 2.84. The number of para-hydroxylation sites is 1.